The average molecular weight is 286 g/mol. The first-order valence-corrected chi connectivity index (χ1v) is 6.58. The van der Waals surface area contributed by atoms with Crippen molar-refractivity contribution in [3.05, 3.63) is 72.2 Å². The summed E-state index contributed by atoms with van der Waals surface area (Å²) in [7, 11) is 0. The zero-order chi connectivity index (χ0) is 15.1. The maximum Gasteiger partial charge on any atom is 0.343 e. The summed E-state index contributed by atoms with van der Waals surface area (Å²) in [6.07, 6.45) is 4.38. The van der Waals surface area contributed by atoms with Crippen molar-refractivity contribution in [2.75, 3.05) is 0 Å². The van der Waals surface area contributed by atoms with Gasteiger partial charge < -0.3 is 9.47 Å². The van der Waals surface area contributed by atoms with Gasteiger partial charge >= 0.3 is 5.97 Å². The van der Waals surface area contributed by atoms with Crippen LogP contribution in [0.3, 0.4) is 0 Å². The van der Waals surface area contributed by atoms with Crippen LogP contribution in [0.2, 0.25) is 0 Å². The van der Waals surface area contributed by atoms with E-state index in [1.165, 1.54) is 24.3 Å². The Kier molecular flexibility index (Phi) is 5.10. The number of halogens is 1. The third kappa shape index (κ3) is 4.45. The highest BCUT2D eigenvalue weighted by molar-refractivity contribution is 5.91. The highest BCUT2D eigenvalue weighted by Gasteiger charge is 2.08. The van der Waals surface area contributed by atoms with Crippen molar-refractivity contribution in [1.29, 1.82) is 0 Å². The van der Waals surface area contributed by atoms with Gasteiger partial charge in [0.25, 0.3) is 0 Å². The minimum Gasteiger partial charge on any atom is -0.465 e. The van der Waals surface area contributed by atoms with Gasteiger partial charge in [0.15, 0.2) is 0 Å². The van der Waals surface area contributed by atoms with E-state index >= 15 is 0 Å². The maximum atomic E-state index is 12.8. The molecule has 0 atom stereocenters. The van der Waals surface area contributed by atoms with Crippen LogP contribution in [0.1, 0.15) is 23.7 Å². The van der Waals surface area contributed by atoms with Gasteiger partial charge in [-0.25, -0.2) is 9.18 Å². The van der Waals surface area contributed by atoms with E-state index in [2.05, 4.69) is 0 Å². The molecule has 0 fully saturated rings. The molecule has 2 rings (SSSR count). The molecule has 0 amide bonds. The summed E-state index contributed by atoms with van der Waals surface area (Å²) >= 11 is 0. The number of carbonyl (C=O) groups excluding carboxylic acids is 1. The first-order chi connectivity index (χ1) is 10.2. The lowest BCUT2D eigenvalue weighted by Gasteiger charge is -2.05. The van der Waals surface area contributed by atoms with Crippen LogP contribution < -0.4 is 9.47 Å². The van der Waals surface area contributed by atoms with E-state index in [9.17, 15) is 9.18 Å². The lowest BCUT2D eigenvalue weighted by atomic mass is 10.2. The largest absolute Gasteiger partial charge is 0.465 e. The summed E-state index contributed by atoms with van der Waals surface area (Å²) in [5, 5.41) is 0. The molecular weight excluding hydrogens is 271 g/mol. The summed E-state index contributed by atoms with van der Waals surface area (Å²) in [5.74, 6) is 0.0549. The zero-order valence-corrected chi connectivity index (χ0v) is 11.6. The quantitative estimate of drug-likeness (QED) is 0.466. The standard InChI is InChI=1S/C17H15FO3/c1-2-3-12-20-15-8-4-13(5-9-15)17(19)21-16-10-6-14(18)7-11-16/h3-12H,2H2,1H3/b12-3+. The fraction of sp³-hybridized carbons (Fsp3) is 0.118. The summed E-state index contributed by atoms with van der Waals surface area (Å²) in [6, 6.07) is 11.9. The Morgan fingerprint density at radius 3 is 2.29 bits per heavy atom. The molecule has 3 nitrogen and oxygen atoms in total. The molecule has 0 aliphatic carbocycles. The van der Waals surface area contributed by atoms with E-state index in [-0.39, 0.29) is 5.82 Å². The molecular formula is C17H15FO3. The van der Waals surface area contributed by atoms with Crippen molar-refractivity contribution >= 4 is 5.97 Å². The highest BCUT2D eigenvalue weighted by atomic mass is 19.1. The number of benzene rings is 2. The minimum absolute atomic E-state index is 0.299. The smallest absolute Gasteiger partial charge is 0.343 e. The van der Waals surface area contributed by atoms with Crippen LogP contribution in [0.15, 0.2) is 60.9 Å². The second-order valence-corrected chi connectivity index (χ2v) is 4.27. The van der Waals surface area contributed by atoms with Gasteiger partial charge in [-0.05, 0) is 61.0 Å². The number of rotatable bonds is 5. The van der Waals surface area contributed by atoms with E-state index in [4.69, 9.17) is 9.47 Å². The molecule has 0 saturated heterocycles. The molecule has 0 spiro atoms. The van der Waals surface area contributed by atoms with Crippen LogP contribution in [-0.2, 0) is 0 Å². The first kappa shape index (κ1) is 14.8. The molecule has 0 radical (unpaired) electrons. The van der Waals surface area contributed by atoms with Crippen molar-refractivity contribution in [2.24, 2.45) is 0 Å². The number of carbonyl (C=O) groups is 1. The summed E-state index contributed by atoms with van der Waals surface area (Å²) in [4.78, 5) is 11.9. The molecule has 4 heteroatoms. The molecule has 2 aromatic rings. The number of allylic oxidation sites excluding steroid dienone is 1. The van der Waals surface area contributed by atoms with Crippen molar-refractivity contribution in [3.8, 4) is 11.5 Å². The Morgan fingerprint density at radius 2 is 1.67 bits per heavy atom. The van der Waals surface area contributed by atoms with Crippen LogP contribution in [0.25, 0.3) is 0 Å². The molecule has 21 heavy (non-hydrogen) atoms. The normalized spacial score (nSPS) is 10.6. The lowest BCUT2D eigenvalue weighted by Crippen LogP contribution is -2.08. The first-order valence-electron chi connectivity index (χ1n) is 6.58. The average Bonchev–Trinajstić information content (AvgIpc) is 2.50. The summed E-state index contributed by atoms with van der Waals surface area (Å²) in [6.45, 7) is 2.01. The molecule has 0 heterocycles. The molecule has 0 aliphatic heterocycles. The Morgan fingerprint density at radius 1 is 1.05 bits per heavy atom. The van der Waals surface area contributed by atoms with Gasteiger partial charge in [-0.15, -0.1) is 0 Å². The van der Waals surface area contributed by atoms with E-state index < -0.39 is 5.97 Å². The van der Waals surface area contributed by atoms with Crippen LogP contribution >= 0.6 is 0 Å². The Labute approximate surface area is 122 Å². The van der Waals surface area contributed by atoms with Crippen molar-refractivity contribution in [1.82, 2.24) is 0 Å². The number of ether oxygens (including phenoxy) is 2. The second-order valence-electron chi connectivity index (χ2n) is 4.27. The van der Waals surface area contributed by atoms with Crippen LogP contribution in [0.4, 0.5) is 4.39 Å². The Balaban J connectivity index is 1.99. The summed E-state index contributed by atoms with van der Waals surface area (Å²) in [5.41, 5.74) is 0.395. The van der Waals surface area contributed by atoms with Crippen molar-refractivity contribution in [2.45, 2.75) is 13.3 Å². The monoisotopic (exact) mass is 286 g/mol. The van der Waals surface area contributed by atoms with Gasteiger partial charge in [0.05, 0.1) is 11.8 Å². The van der Waals surface area contributed by atoms with Crippen LogP contribution in [-0.4, -0.2) is 5.97 Å². The molecule has 0 aliphatic rings. The SMILES string of the molecule is CC/C=C/Oc1ccc(C(=O)Oc2ccc(F)cc2)cc1. The molecule has 0 N–H and O–H groups in total. The minimum atomic E-state index is -0.503. The topological polar surface area (TPSA) is 35.5 Å². The van der Waals surface area contributed by atoms with Gasteiger partial charge in [0, 0.05) is 0 Å². The van der Waals surface area contributed by atoms with Crippen LogP contribution in [0, 0.1) is 5.82 Å². The third-order valence-corrected chi connectivity index (χ3v) is 2.65. The van der Waals surface area contributed by atoms with Gasteiger partial charge in [-0.3, -0.25) is 0 Å². The molecule has 108 valence electrons. The van der Waals surface area contributed by atoms with Gasteiger partial charge in [0.1, 0.15) is 17.3 Å². The lowest BCUT2D eigenvalue weighted by molar-refractivity contribution is 0.0734. The maximum absolute atomic E-state index is 12.8. The van der Waals surface area contributed by atoms with E-state index in [1.807, 2.05) is 13.0 Å². The zero-order valence-electron chi connectivity index (χ0n) is 11.6. The Hall–Kier alpha value is -2.62. The van der Waals surface area contributed by atoms with Crippen molar-refractivity contribution in [3.63, 3.8) is 0 Å². The predicted molar refractivity (Wildman–Crippen MR) is 77.9 cm³/mol. The van der Waals surface area contributed by atoms with E-state index in [0.717, 1.165) is 6.42 Å². The number of esters is 1. The molecule has 0 saturated carbocycles. The van der Waals surface area contributed by atoms with Gasteiger partial charge in [-0.1, -0.05) is 6.92 Å². The van der Waals surface area contributed by atoms with E-state index in [0.29, 0.717) is 17.1 Å². The Bertz CT molecular complexity index is 615. The van der Waals surface area contributed by atoms with Crippen LogP contribution in [0.5, 0.6) is 11.5 Å². The second kappa shape index (κ2) is 7.24. The molecule has 0 aromatic heterocycles. The third-order valence-electron chi connectivity index (χ3n) is 2.65. The number of hydrogen-bond donors (Lipinski definition) is 0. The molecule has 2 aromatic carbocycles. The number of hydrogen-bond acceptors (Lipinski definition) is 3. The predicted octanol–water partition coefficient (Wildman–Crippen LogP) is 4.35. The fourth-order valence-corrected chi connectivity index (χ4v) is 1.56. The van der Waals surface area contributed by atoms with E-state index in [1.54, 1.807) is 30.5 Å². The van der Waals surface area contributed by atoms with Crippen molar-refractivity contribution < 1.29 is 18.7 Å². The molecule has 0 bridgehead atoms. The highest BCUT2D eigenvalue weighted by Crippen LogP contribution is 2.16. The van der Waals surface area contributed by atoms with Gasteiger partial charge in [0.2, 0.25) is 0 Å². The summed E-state index contributed by atoms with van der Waals surface area (Å²) < 4.78 is 23.2. The van der Waals surface area contributed by atoms with Gasteiger partial charge in [-0.2, -0.15) is 0 Å². The molecule has 0 unspecified atom stereocenters. The fourth-order valence-electron chi connectivity index (χ4n) is 1.56.